The van der Waals surface area contributed by atoms with Gasteiger partial charge >= 0.3 is 0 Å². The summed E-state index contributed by atoms with van der Waals surface area (Å²) in [6.45, 7) is 1.71. The molecule has 0 spiro atoms. The molecule has 0 aliphatic rings. The van der Waals surface area contributed by atoms with Gasteiger partial charge in [0.05, 0.1) is 0 Å². The number of carbonyl (C=O) groups is 1. The Morgan fingerprint density at radius 3 is 2.57 bits per heavy atom. The van der Waals surface area contributed by atoms with Gasteiger partial charge in [-0.25, -0.2) is 4.39 Å². The first kappa shape index (κ1) is 6.95. The first-order chi connectivity index (χ1) is 3.31. The Morgan fingerprint density at radius 1 is 1.86 bits per heavy atom. The van der Waals surface area contributed by atoms with Crippen LogP contribution in [0.1, 0.15) is 13.3 Å². The second-order valence-corrected chi connectivity index (χ2v) is 1.94. The second kappa shape index (κ2) is 4.12. The minimum Gasteiger partial charge on any atom is -0.287 e. The van der Waals surface area contributed by atoms with Crippen molar-refractivity contribution < 1.29 is 9.18 Å². The molecule has 1 nitrogen and oxygen atoms in total. The molecule has 0 fully saturated rings. The van der Waals surface area contributed by atoms with E-state index < -0.39 is 6.01 Å². The first-order valence-electron chi connectivity index (χ1n) is 2.02. The molecule has 0 aromatic carbocycles. The molecule has 0 radical (unpaired) electrons. The van der Waals surface area contributed by atoms with Gasteiger partial charge in [-0.05, 0) is 0 Å². The molecular weight excluding hydrogens is 115 g/mol. The number of alkyl halides is 1. The lowest BCUT2D eigenvalue weighted by Gasteiger charge is -1.84. The molecule has 0 rings (SSSR count). The number of halogens is 1. The highest BCUT2D eigenvalue weighted by atomic mass is 32.2. The van der Waals surface area contributed by atoms with Gasteiger partial charge in [0, 0.05) is 6.42 Å². The van der Waals surface area contributed by atoms with Crippen molar-refractivity contribution in [1.82, 2.24) is 0 Å². The van der Waals surface area contributed by atoms with E-state index in [1.807, 2.05) is 0 Å². The van der Waals surface area contributed by atoms with Crippen molar-refractivity contribution in [2.75, 3.05) is 6.01 Å². The largest absolute Gasteiger partial charge is 0.287 e. The van der Waals surface area contributed by atoms with Crippen molar-refractivity contribution in [2.24, 2.45) is 0 Å². The van der Waals surface area contributed by atoms with Crippen LogP contribution in [-0.2, 0) is 4.79 Å². The van der Waals surface area contributed by atoms with Gasteiger partial charge in [-0.15, -0.1) is 0 Å². The average molecular weight is 122 g/mol. The fourth-order valence-corrected chi connectivity index (χ4v) is 0.489. The molecular formula is C4H7FOS. The minimum atomic E-state index is -0.591. The lowest BCUT2D eigenvalue weighted by atomic mass is 10.6. The van der Waals surface area contributed by atoms with Gasteiger partial charge in [-0.1, -0.05) is 18.7 Å². The summed E-state index contributed by atoms with van der Waals surface area (Å²) in [5.41, 5.74) is 0. The van der Waals surface area contributed by atoms with Gasteiger partial charge in [0.15, 0.2) is 5.12 Å². The number of hydrogen-bond acceptors (Lipinski definition) is 2. The van der Waals surface area contributed by atoms with Gasteiger partial charge < -0.3 is 0 Å². The lowest BCUT2D eigenvalue weighted by molar-refractivity contribution is -0.110. The Balaban J connectivity index is 3.00. The minimum absolute atomic E-state index is 0.0810. The Labute approximate surface area is 46.3 Å². The van der Waals surface area contributed by atoms with E-state index >= 15 is 0 Å². The second-order valence-electron chi connectivity index (χ2n) is 0.979. The fraction of sp³-hybridized carbons (Fsp3) is 0.750. The van der Waals surface area contributed by atoms with E-state index in [0.29, 0.717) is 6.42 Å². The van der Waals surface area contributed by atoms with Crippen LogP contribution < -0.4 is 0 Å². The smallest absolute Gasteiger partial charge is 0.191 e. The number of thioether (sulfide) groups is 1. The van der Waals surface area contributed by atoms with Crippen LogP contribution in [0.3, 0.4) is 0 Å². The Kier molecular flexibility index (Phi) is 4.09. The molecule has 0 amide bonds. The van der Waals surface area contributed by atoms with Gasteiger partial charge in [0.1, 0.15) is 6.01 Å². The van der Waals surface area contributed by atoms with Crippen molar-refractivity contribution in [1.29, 1.82) is 0 Å². The maximum absolute atomic E-state index is 11.2. The molecule has 0 saturated carbocycles. The van der Waals surface area contributed by atoms with Crippen LogP contribution in [0, 0.1) is 0 Å². The third kappa shape index (κ3) is 3.79. The fourth-order valence-electron chi connectivity index (χ4n) is 0.163. The highest BCUT2D eigenvalue weighted by Crippen LogP contribution is 2.03. The predicted octanol–water partition coefficient (Wildman–Crippen LogP) is 1.58. The maximum Gasteiger partial charge on any atom is 0.191 e. The number of rotatable bonds is 2. The summed E-state index contributed by atoms with van der Waals surface area (Å²) < 4.78 is 11.2. The summed E-state index contributed by atoms with van der Waals surface area (Å²) in [6.07, 6.45) is 0.425. The van der Waals surface area contributed by atoms with Crippen molar-refractivity contribution in [3.05, 3.63) is 0 Å². The molecule has 3 heteroatoms. The molecule has 0 aromatic heterocycles. The molecule has 7 heavy (non-hydrogen) atoms. The van der Waals surface area contributed by atoms with Crippen LogP contribution in [0.5, 0.6) is 0 Å². The van der Waals surface area contributed by atoms with E-state index in [1.165, 1.54) is 0 Å². The zero-order valence-corrected chi connectivity index (χ0v) is 4.93. The summed E-state index contributed by atoms with van der Waals surface area (Å²) in [5, 5.41) is -0.0810. The Bertz CT molecular complexity index is 64.7. The monoisotopic (exact) mass is 122 g/mol. The van der Waals surface area contributed by atoms with Gasteiger partial charge in [0.2, 0.25) is 0 Å². The average Bonchev–Trinajstić information content (AvgIpc) is 1.68. The third-order valence-electron chi connectivity index (χ3n) is 0.504. The van der Waals surface area contributed by atoms with Crippen LogP contribution in [0.25, 0.3) is 0 Å². The zero-order chi connectivity index (χ0) is 5.70. The van der Waals surface area contributed by atoms with Crippen LogP contribution in [0.15, 0.2) is 0 Å². The normalized spacial score (nSPS) is 8.86. The van der Waals surface area contributed by atoms with Gasteiger partial charge in [0.25, 0.3) is 0 Å². The molecule has 0 bridgehead atoms. The van der Waals surface area contributed by atoms with Crippen molar-refractivity contribution in [2.45, 2.75) is 13.3 Å². The standard InChI is InChI=1S/C4H7FOS/c1-2-4(6)7-3-5/h2-3H2,1H3. The summed E-state index contributed by atoms with van der Waals surface area (Å²) in [7, 11) is 0. The van der Waals surface area contributed by atoms with Crippen molar-refractivity contribution in [3.63, 3.8) is 0 Å². The highest BCUT2D eigenvalue weighted by molar-refractivity contribution is 8.13. The van der Waals surface area contributed by atoms with Crippen LogP contribution in [0.4, 0.5) is 4.39 Å². The Hall–Kier alpha value is -0.0500. The molecule has 0 aliphatic heterocycles. The van der Waals surface area contributed by atoms with E-state index in [1.54, 1.807) is 6.92 Å². The quantitative estimate of drug-likeness (QED) is 0.553. The Morgan fingerprint density at radius 2 is 2.43 bits per heavy atom. The number of hydrogen-bond donors (Lipinski definition) is 0. The highest BCUT2D eigenvalue weighted by Gasteiger charge is 1.94. The zero-order valence-electron chi connectivity index (χ0n) is 4.11. The van der Waals surface area contributed by atoms with E-state index in [9.17, 15) is 9.18 Å². The molecule has 42 valence electrons. The van der Waals surface area contributed by atoms with Crippen molar-refractivity contribution in [3.8, 4) is 0 Å². The third-order valence-corrected chi connectivity index (χ3v) is 1.22. The van der Waals surface area contributed by atoms with Crippen molar-refractivity contribution >= 4 is 16.9 Å². The molecule has 0 atom stereocenters. The van der Waals surface area contributed by atoms with E-state index in [-0.39, 0.29) is 5.12 Å². The van der Waals surface area contributed by atoms with Gasteiger partial charge in [-0.3, -0.25) is 4.79 Å². The molecule has 0 unspecified atom stereocenters. The van der Waals surface area contributed by atoms with Crippen LogP contribution >= 0.6 is 11.8 Å². The van der Waals surface area contributed by atoms with Crippen LogP contribution in [0.2, 0.25) is 0 Å². The summed E-state index contributed by atoms with van der Waals surface area (Å²) in [4.78, 5) is 10.1. The van der Waals surface area contributed by atoms with E-state index in [0.717, 1.165) is 11.8 Å². The molecule has 0 N–H and O–H groups in total. The molecule has 0 aromatic rings. The summed E-state index contributed by atoms with van der Waals surface area (Å²) >= 11 is 0.726. The molecule has 0 saturated heterocycles. The SMILES string of the molecule is CCC(=O)SCF. The molecule has 0 aliphatic carbocycles. The lowest BCUT2D eigenvalue weighted by Crippen LogP contribution is -1.85. The van der Waals surface area contributed by atoms with Crippen LogP contribution in [-0.4, -0.2) is 11.1 Å². The topological polar surface area (TPSA) is 17.1 Å². The number of carbonyl (C=O) groups excluding carboxylic acids is 1. The van der Waals surface area contributed by atoms with E-state index in [2.05, 4.69) is 0 Å². The summed E-state index contributed by atoms with van der Waals surface area (Å²) in [5.74, 6) is 0. The molecule has 0 heterocycles. The summed E-state index contributed by atoms with van der Waals surface area (Å²) in [6, 6.07) is -0.591. The first-order valence-corrected chi connectivity index (χ1v) is 3.01. The van der Waals surface area contributed by atoms with Gasteiger partial charge in [-0.2, -0.15) is 0 Å². The predicted molar refractivity (Wildman–Crippen MR) is 28.9 cm³/mol. The maximum atomic E-state index is 11.2. The van der Waals surface area contributed by atoms with E-state index in [4.69, 9.17) is 0 Å².